The van der Waals surface area contributed by atoms with Gasteiger partial charge in [-0.25, -0.2) is 4.98 Å². The van der Waals surface area contributed by atoms with E-state index in [1.54, 1.807) is 12.1 Å². The molecule has 4 rings (SSSR count). The highest BCUT2D eigenvalue weighted by Gasteiger charge is 2.37. The number of rotatable bonds is 4. The molecule has 1 atom stereocenters. The molecule has 31 heavy (non-hydrogen) atoms. The second-order valence-corrected chi connectivity index (χ2v) is 7.14. The fourth-order valence-corrected chi connectivity index (χ4v) is 3.67. The summed E-state index contributed by atoms with van der Waals surface area (Å²) in [5.41, 5.74) is 6.11. The van der Waals surface area contributed by atoms with Crippen LogP contribution in [0.15, 0.2) is 30.6 Å². The van der Waals surface area contributed by atoms with Crippen molar-refractivity contribution in [1.29, 1.82) is 5.41 Å². The molecule has 0 amide bonds. The van der Waals surface area contributed by atoms with Crippen LogP contribution in [0, 0.1) is 5.41 Å². The Morgan fingerprint density at radius 1 is 1.39 bits per heavy atom. The number of pyridine rings is 2. The van der Waals surface area contributed by atoms with E-state index in [0.29, 0.717) is 47.7 Å². The minimum Gasteiger partial charge on any atom is -0.397 e. The molecule has 0 aromatic carbocycles. The van der Waals surface area contributed by atoms with Gasteiger partial charge in [0.15, 0.2) is 5.69 Å². The highest BCUT2D eigenvalue weighted by molar-refractivity contribution is 6.01. The Hall–Kier alpha value is -3.47. The molecule has 0 spiro atoms. The monoisotopic (exact) mass is 431 g/mol. The summed E-state index contributed by atoms with van der Waals surface area (Å²) in [6.07, 6.45) is 0.416. The summed E-state index contributed by atoms with van der Waals surface area (Å²) in [6, 6.07) is 3.20. The number of aromatic nitrogens is 4. The molecule has 1 aliphatic heterocycles. The molecule has 0 radical (unpaired) electrons. The number of ether oxygens (including phenoxy) is 1. The van der Waals surface area contributed by atoms with Gasteiger partial charge in [-0.1, -0.05) is 0 Å². The number of anilines is 1. The first-order valence-electron chi connectivity index (χ1n) is 9.53. The first-order chi connectivity index (χ1) is 14.8. The van der Waals surface area contributed by atoms with Crippen molar-refractivity contribution in [3.8, 4) is 11.1 Å². The lowest BCUT2D eigenvalue weighted by Crippen LogP contribution is -2.44. The first-order valence-corrected chi connectivity index (χ1v) is 9.53. The molecule has 4 heterocycles. The maximum atomic E-state index is 13.6. The van der Waals surface area contributed by atoms with E-state index >= 15 is 0 Å². The van der Waals surface area contributed by atoms with Gasteiger partial charge in [0.1, 0.15) is 17.0 Å². The standard InChI is InChI=1S/C20H20F3N7O/c1-11-10-31-7-6-30(11)16-8-13(14-9-27-29-19(14)20(21,22)23)12-3-5-26-18(17(12)28-16)15(25)2-4-24/h2-5,8-9,11,24H,6-7,10,25H2,1H3,(H,27,29)/b15-2-,24-4?. The molecule has 0 saturated carbocycles. The zero-order chi connectivity index (χ0) is 22.2. The van der Waals surface area contributed by atoms with E-state index in [1.165, 1.54) is 18.5 Å². The molecular weight excluding hydrogens is 411 g/mol. The molecule has 4 N–H and O–H groups in total. The molecule has 3 aromatic rings. The average Bonchev–Trinajstić information content (AvgIpc) is 3.23. The number of halogens is 3. The quantitative estimate of drug-likeness (QED) is 0.546. The van der Waals surface area contributed by atoms with E-state index in [9.17, 15) is 13.2 Å². The fourth-order valence-electron chi connectivity index (χ4n) is 3.67. The lowest BCUT2D eigenvalue weighted by Gasteiger charge is -2.34. The molecule has 0 aliphatic carbocycles. The molecule has 11 heteroatoms. The molecule has 1 fully saturated rings. The first kappa shape index (κ1) is 20.8. The zero-order valence-electron chi connectivity index (χ0n) is 16.6. The fraction of sp³-hybridized carbons (Fsp3) is 0.300. The van der Waals surface area contributed by atoms with Crippen molar-refractivity contribution >= 4 is 28.6 Å². The molecule has 1 saturated heterocycles. The van der Waals surface area contributed by atoms with Crippen LogP contribution in [0.1, 0.15) is 18.3 Å². The number of H-pyrrole nitrogens is 1. The van der Waals surface area contributed by atoms with Crippen molar-refractivity contribution in [2.75, 3.05) is 24.7 Å². The summed E-state index contributed by atoms with van der Waals surface area (Å²) in [5, 5.41) is 13.5. The third kappa shape index (κ3) is 3.83. The largest absolute Gasteiger partial charge is 0.435 e. The molecule has 3 aromatic heterocycles. The number of allylic oxidation sites excluding steroid dienone is 1. The highest BCUT2D eigenvalue weighted by Crippen LogP contribution is 2.40. The minimum atomic E-state index is -4.63. The van der Waals surface area contributed by atoms with Gasteiger partial charge in [0, 0.05) is 36.1 Å². The summed E-state index contributed by atoms with van der Waals surface area (Å²) < 4.78 is 46.3. The van der Waals surface area contributed by atoms with Gasteiger partial charge in [0.25, 0.3) is 0 Å². The second-order valence-electron chi connectivity index (χ2n) is 7.14. The molecule has 162 valence electrons. The predicted octanol–water partition coefficient (Wildman–Crippen LogP) is 3.21. The summed E-state index contributed by atoms with van der Waals surface area (Å²) in [4.78, 5) is 11.0. The van der Waals surface area contributed by atoms with Crippen LogP contribution in [-0.4, -0.2) is 52.2 Å². The Morgan fingerprint density at radius 2 is 2.19 bits per heavy atom. The van der Waals surface area contributed by atoms with Crippen LogP contribution in [0.5, 0.6) is 0 Å². The number of nitrogens with zero attached hydrogens (tertiary/aromatic N) is 4. The van der Waals surface area contributed by atoms with Crippen molar-refractivity contribution in [1.82, 2.24) is 20.2 Å². The number of aromatic amines is 1. The molecule has 8 nitrogen and oxygen atoms in total. The Morgan fingerprint density at radius 3 is 2.90 bits per heavy atom. The van der Waals surface area contributed by atoms with Crippen LogP contribution in [0.2, 0.25) is 0 Å². The number of hydrogen-bond acceptors (Lipinski definition) is 7. The highest BCUT2D eigenvalue weighted by atomic mass is 19.4. The molecule has 1 unspecified atom stereocenters. The van der Waals surface area contributed by atoms with E-state index in [1.807, 2.05) is 11.8 Å². The van der Waals surface area contributed by atoms with Crippen LogP contribution in [0.25, 0.3) is 27.7 Å². The smallest absolute Gasteiger partial charge is 0.397 e. The van der Waals surface area contributed by atoms with Gasteiger partial charge in [0.05, 0.1) is 25.0 Å². The van der Waals surface area contributed by atoms with E-state index in [-0.39, 0.29) is 17.3 Å². The summed E-state index contributed by atoms with van der Waals surface area (Å²) in [6.45, 7) is 3.45. The van der Waals surface area contributed by atoms with E-state index in [4.69, 9.17) is 20.9 Å². The maximum Gasteiger partial charge on any atom is 0.435 e. The third-order valence-corrected chi connectivity index (χ3v) is 5.11. The van der Waals surface area contributed by atoms with Crippen LogP contribution in [-0.2, 0) is 10.9 Å². The number of nitrogens with two attached hydrogens (primary N) is 1. The lowest BCUT2D eigenvalue weighted by molar-refractivity contribution is -0.140. The topological polar surface area (TPSA) is 117 Å². The second kappa shape index (κ2) is 7.99. The van der Waals surface area contributed by atoms with Crippen molar-refractivity contribution in [3.05, 3.63) is 42.0 Å². The Balaban J connectivity index is 2.03. The van der Waals surface area contributed by atoms with Crippen molar-refractivity contribution < 1.29 is 17.9 Å². The Labute approximate surface area is 175 Å². The van der Waals surface area contributed by atoms with Gasteiger partial charge >= 0.3 is 6.18 Å². The summed E-state index contributed by atoms with van der Waals surface area (Å²) in [5.74, 6) is 0.490. The number of fused-ring (bicyclic) bond motifs is 1. The van der Waals surface area contributed by atoms with Gasteiger partial charge in [-0.05, 0) is 30.7 Å². The number of hydrogen-bond donors (Lipinski definition) is 3. The van der Waals surface area contributed by atoms with Crippen molar-refractivity contribution in [2.45, 2.75) is 19.1 Å². The minimum absolute atomic E-state index is 0.0208. The SMILES string of the molecule is CC1COCCN1c1cc(-c2c[nH]nc2C(F)(F)F)c2ccnc(/C(N)=C/C=N)c2n1. The van der Waals surface area contributed by atoms with Crippen LogP contribution >= 0.6 is 0 Å². The Kier molecular flexibility index (Phi) is 5.36. The Bertz CT molecular complexity index is 1160. The van der Waals surface area contributed by atoms with Crippen LogP contribution in [0.3, 0.4) is 0 Å². The molecule has 0 bridgehead atoms. The van der Waals surface area contributed by atoms with Gasteiger partial charge in [-0.3, -0.25) is 10.1 Å². The van der Waals surface area contributed by atoms with Gasteiger partial charge in [-0.2, -0.15) is 18.3 Å². The predicted molar refractivity (Wildman–Crippen MR) is 111 cm³/mol. The van der Waals surface area contributed by atoms with Gasteiger partial charge < -0.3 is 20.8 Å². The zero-order valence-corrected chi connectivity index (χ0v) is 16.6. The van der Waals surface area contributed by atoms with Crippen molar-refractivity contribution in [2.24, 2.45) is 5.73 Å². The normalized spacial score (nSPS) is 17.9. The average molecular weight is 431 g/mol. The van der Waals surface area contributed by atoms with Gasteiger partial charge in [-0.15, -0.1) is 0 Å². The van der Waals surface area contributed by atoms with E-state index < -0.39 is 11.9 Å². The van der Waals surface area contributed by atoms with E-state index in [0.717, 1.165) is 6.21 Å². The summed E-state index contributed by atoms with van der Waals surface area (Å²) >= 11 is 0. The lowest BCUT2D eigenvalue weighted by atomic mass is 10.00. The number of morpholine rings is 1. The number of alkyl halides is 3. The third-order valence-electron chi connectivity index (χ3n) is 5.11. The van der Waals surface area contributed by atoms with E-state index in [2.05, 4.69) is 15.2 Å². The van der Waals surface area contributed by atoms with Crippen LogP contribution in [0.4, 0.5) is 19.0 Å². The molecule has 1 aliphatic rings. The van der Waals surface area contributed by atoms with Gasteiger partial charge in [0.2, 0.25) is 0 Å². The van der Waals surface area contributed by atoms with Crippen LogP contribution < -0.4 is 10.6 Å². The maximum absolute atomic E-state index is 13.6. The van der Waals surface area contributed by atoms with Crippen molar-refractivity contribution in [3.63, 3.8) is 0 Å². The summed E-state index contributed by atoms with van der Waals surface area (Å²) in [7, 11) is 0. The number of nitrogens with one attached hydrogen (secondary N) is 2. The molecular formula is C20H20F3N7O.